The Bertz CT molecular complexity index is 2760. The molecule has 0 saturated heterocycles. The molecule has 0 aliphatic rings. The van der Waals surface area contributed by atoms with Crippen molar-refractivity contribution in [1.82, 2.24) is 19.9 Å². The average molecular weight is 805 g/mol. The Balaban J connectivity index is 0.000000152. The predicted molar refractivity (Wildman–Crippen MR) is 199 cm³/mol. The molecule has 10 heteroatoms. The molecule has 8 aromatic rings. The van der Waals surface area contributed by atoms with Crippen molar-refractivity contribution < 1.29 is 23.8 Å². The highest BCUT2D eigenvalue weighted by atomic mass is 79.9. The lowest BCUT2D eigenvalue weighted by Crippen LogP contribution is -2.29. The summed E-state index contributed by atoms with van der Waals surface area (Å²) in [4.78, 5) is 18.0. The van der Waals surface area contributed by atoms with Crippen LogP contribution in [-0.4, -0.2) is 37.1 Å². The van der Waals surface area contributed by atoms with Gasteiger partial charge in [0.2, 0.25) is 0 Å². The van der Waals surface area contributed by atoms with Crippen molar-refractivity contribution in [2.45, 2.75) is 0 Å². The van der Waals surface area contributed by atoms with Gasteiger partial charge in [-0.1, -0.05) is 109 Å². The Morgan fingerprint density at radius 3 is 1.22 bits per heavy atom. The Kier molecular flexibility index (Phi) is 6.87. The van der Waals surface area contributed by atoms with E-state index in [0.29, 0.717) is 21.3 Å². The lowest BCUT2D eigenvalue weighted by Gasteiger charge is -2.06. The normalized spacial score (nSPS) is 13.8. The topological polar surface area (TPSA) is 92.0 Å². The van der Waals surface area contributed by atoms with Gasteiger partial charge in [-0.2, -0.15) is 0 Å². The molecule has 0 atom stereocenters. The van der Waals surface area contributed by atoms with Gasteiger partial charge in [0, 0.05) is 27.1 Å². The van der Waals surface area contributed by atoms with E-state index in [1.807, 2.05) is 54.6 Å². The van der Waals surface area contributed by atoms with E-state index in [9.17, 15) is 0 Å². The van der Waals surface area contributed by atoms with Crippen molar-refractivity contribution in [1.29, 1.82) is 0 Å². The molecule has 0 radical (unpaired) electrons. The van der Waals surface area contributed by atoms with Crippen LogP contribution in [0.1, 0.15) is 13.7 Å². The Hall–Kier alpha value is -4.06. The van der Waals surface area contributed by atoms with E-state index in [4.69, 9.17) is 23.8 Å². The van der Waals surface area contributed by atoms with Gasteiger partial charge >= 0.3 is 7.12 Å². The van der Waals surface area contributed by atoms with Gasteiger partial charge in [0.25, 0.3) is 0 Å². The molecule has 0 aliphatic carbocycles. The van der Waals surface area contributed by atoms with Crippen molar-refractivity contribution >= 4 is 104 Å². The molecule has 6 nitrogen and oxygen atoms in total. The zero-order valence-corrected chi connectivity index (χ0v) is 28.1. The fourth-order valence-corrected chi connectivity index (χ4v) is 5.30. The molecule has 4 heterocycles. The molecule has 0 saturated carbocycles. The van der Waals surface area contributed by atoms with Crippen molar-refractivity contribution in [2.75, 3.05) is 0 Å². The Morgan fingerprint density at radius 1 is 0.457 bits per heavy atom. The molecule has 224 valence electrons. The van der Waals surface area contributed by atoms with E-state index in [1.54, 1.807) is 6.07 Å². The molecule has 0 spiro atoms. The largest absolute Gasteiger partial charge is 0.488 e. The summed E-state index contributed by atoms with van der Waals surface area (Å²) in [5.41, 5.74) is 3.06. The van der Waals surface area contributed by atoms with E-state index in [0.717, 1.165) is 41.8 Å². The van der Waals surface area contributed by atoms with Gasteiger partial charge in [-0.15, -0.1) is 0 Å². The van der Waals surface area contributed by atoms with Gasteiger partial charge in [0.05, 0.1) is 41.5 Å². The standard InChI is InChI=1S/C18H11BrN2.C12H6Br2N2.C6H7BO2/c19-16-11-9-14-7-6-13-8-10-15(12-4-2-1-3-5-12)20-17(13)18(14)21-16;13-9-5-3-7-1-2-8-4-6-10(14)16-12(8)11(7)15-9;8-7(9)6-4-2-1-3-5-6/h1-11H;1-6H;1-5,8-9H/i1D,2D,3D,4D,5D;;1D,2D,3D,4D,5D. The highest BCUT2D eigenvalue weighted by Crippen LogP contribution is 2.28. The fraction of sp³-hybridized carbons (Fsp3) is 0. The van der Waals surface area contributed by atoms with E-state index in [-0.39, 0.29) is 29.7 Å². The fourth-order valence-electron chi connectivity index (χ4n) is 4.37. The second-order valence-electron chi connectivity index (χ2n) is 9.43. The van der Waals surface area contributed by atoms with Gasteiger partial charge < -0.3 is 10.0 Å². The van der Waals surface area contributed by atoms with Crippen LogP contribution in [0.15, 0.2) is 147 Å². The third-order valence-corrected chi connectivity index (χ3v) is 7.80. The van der Waals surface area contributed by atoms with E-state index < -0.39 is 48.8 Å². The zero-order chi connectivity index (χ0) is 40.7. The summed E-state index contributed by atoms with van der Waals surface area (Å²) in [6.45, 7) is 0. The molecular formula is C36H24BBr3N4O2. The summed E-state index contributed by atoms with van der Waals surface area (Å²) in [5.74, 6) is 0. The quantitative estimate of drug-likeness (QED) is 0.103. The SMILES string of the molecule is Brc1ccc2ccc3ccc(Br)nc3c2n1.[2H]c1c([2H])c([2H])c(-c2ccc3ccc4ccc(Br)nc4c3n2)c([2H])c1[2H].[2H]c1c([2H])c([2H])c(B(O)O)c([2H])c1[2H]. The molecule has 0 unspecified atom stereocenters. The minimum atomic E-state index is -2.07. The van der Waals surface area contributed by atoms with E-state index >= 15 is 0 Å². The van der Waals surface area contributed by atoms with Crippen LogP contribution in [0.3, 0.4) is 0 Å². The summed E-state index contributed by atoms with van der Waals surface area (Å²) in [7, 11) is -2.07. The minimum Gasteiger partial charge on any atom is -0.423 e. The van der Waals surface area contributed by atoms with Crippen LogP contribution in [0.2, 0.25) is 0 Å². The maximum absolute atomic E-state index is 8.81. The number of pyridine rings is 4. The van der Waals surface area contributed by atoms with Gasteiger partial charge in [0.15, 0.2) is 0 Å². The number of nitrogens with zero attached hydrogens (tertiary/aromatic N) is 4. The van der Waals surface area contributed by atoms with Crippen LogP contribution >= 0.6 is 47.8 Å². The first-order valence-corrected chi connectivity index (χ1v) is 15.8. The summed E-state index contributed by atoms with van der Waals surface area (Å²) < 4.78 is 78.2. The lowest BCUT2D eigenvalue weighted by molar-refractivity contribution is 0.426. The van der Waals surface area contributed by atoms with Gasteiger partial charge in [-0.3, -0.25) is 0 Å². The Morgan fingerprint density at radius 2 is 0.804 bits per heavy atom. The van der Waals surface area contributed by atoms with Crippen LogP contribution in [0, 0.1) is 0 Å². The number of fused-ring (bicyclic) bond motifs is 6. The van der Waals surface area contributed by atoms with Crippen molar-refractivity contribution in [3.63, 3.8) is 0 Å². The molecule has 4 aromatic carbocycles. The van der Waals surface area contributed by atoms with Crippen LogP contribution in [0.25, 0.3) is 54.9 Å². The first-order valence-electron chi connectivity index (χ1n) is 18.4. The molecule has 2 N–H and O–H groups in total. The molecule has 4 aromatic heterocycles. The minimum absolute atomic E-state index is 0.0879. The third kappa shape index (κ3) is 7.49. The van der Waals surface area contributed by atoms with Crippen molar-refractivity contribution in [3.05, 3.63) is 147 Å². The highest BCUT2D eigenvalue weighted by molar-refractivity contribution is 9.11. The summed E-state index contributed by atoms with van der Waals surface area (Å²) >= 11 is 10.1. The first-order chi connectivity index (χ1) is 26.5. The van der Waals surface area contributed by atoms with Crippen molar-refractivity contribution in [3.8, 4) is 11.3 Å². The molecular weight excluding hydrogens is 771 g/mol. The smallest absolute Gasteiger partial charge is 0.423 e. The molecule has 46 heavy (non-hydrogen) atoms. The maximum atomic E-state index is 8.81. The van der Waals surface area contributed by atoms with Crippen LogP contribution in [0.5, 0.6) is 0 Å². The zero-order valence-electron chi connectivity index (χ0n) is 33.3. The molecule has 0 bridgehead atoms. The second kappa shape index (κ2) is 14.6. The number of aromatic nitrogens is 4. The predicted octanol–water partition coefficient (Wildman–Crippen LogP) is 8.89. The van der Waals surface area contributed by atoms with E-state index in [1.165, 1.54) is 0 Å². The van der Waals surface area contributed by atoms with Crippen LogP contribution in [-0.2, 0) is 0 Å². The number of benzene rings is 4. The highest BCUT2D eigenvalue weighted by Gasteiger charge is 2.08. The van der Waals surface area contributed by atoms with Crippen LogP contribution < -0.4 is 5.46 Å². The van der Waals surface area contributed by atoms with E-state index in [2.05, 4.69) is 79.9 Å². The van der Waals surface area contributed by atoms with Gasteiger partial charge in [0.1, 0.15) is 13.8 Å². The monoisotopic (exact) mass is 802 g/mol. The lowest BCUT2D eigenvalue weighted by atomic mass is 9.81. The number of hydrogen-bond donors (Lipinski definition) is 2. The van der Waals surface area contributed by atoms with Gasteiger partial charge in [-0.05, 0) is 77.5 Å². The summed E-state index contributed by atoms with van der Waals surface area (Å²) in [6, 6.07) is 18.6. The third-order valence-electron chi connectivity index (χ3n) is 6.47. The molecule has 0 amide bonds. The number of halogens is 3. The average Bonchev–Trinajstić information content (AvgIpc) is 3.18. The molecule has 8 rings (SSSR count). The summed E-state index contributed by atoms with van der Waals surface area (Å²) in [5, 5.41) is 21.6. The maximum Gasteiger partial charge on any atom is 0.488 e. The van der Waals surface area contributed by atoms with Crippen molar-refractivity contribution in [2.24, 2.45) is 0 Å². The molecule has 0 aliphatic heterocycles. The Labute approximate surface area is 304 Å². The van der Waals surface area contributed by atoms with Crippen LogP contribution in [0.4, 0.5) is 0 Å². The molecule has 0 fully saturated rings. The van der Waals surface area contributed by atoms with Gasteiger partial charge in [-0.25, -0.2) is 19.9 Å². The number of hydrogen-bond acceptors (Lipinski definition) is 6. The number of rotatable bonds is 2. The summed E-state index contributed by atoms with van der Waals surface area (Å²) in [6.07, 6.45) is 0. The second-order valence-corrected chi connectivity index (χ2v) is 11.9. The first kappa shape index (κ1) is 21.7.